The number of thioether (sulfide) groups is 1. The Morgan fingerprint density at radius 2 is 1.89 bits per heavy atom. The molecule has 0 radical (unpaired) electrons. The lowest BCUT2D eigenvalue weighted by molar-refractivity contribution is -0.116. The molecule has 0 aliphatic carbocycles. The zero-order chi connectivity index (χ0) is 19.7. The van der Waals surface area contributed by atoms with E-state index in [1.54, 1.807) is 12.1 Å². The summed E-state index contributed by atoms with van der Waals surface area (Å²) in [5.74, 6) is 0.295. The van der Waals surface area contributed by atoms with E-state index in [0.717, 1.165) is 23.4 Å². The molecule has 0 bridgehead atoms. The number of nitrogens with one attached hydrogen (secondary N) is 2. The predicted molar refractivity (Wildman–Crippen MR) is 107 cm³/mol. The Labute approximate surface area is 166 Å². The van der Waals surface area contributed by atoms with E-state index in [9.17, 15) is 9.18 Å². The maximum Gasteiger partial charge on any atom is 0.240 e. The highest BCUT2D eigenvalue weighted by Gasteiger charge is 2.37. The van der Waals surface area contributed by atoms with E-state index in [1.165, 1.54) is 23.9 Å². The Bertz CT molecular complexity index is 987. The van der Waals surface area contributed by atoms with Gasteiger partial charge in [-0.15, -0.1) is 10.2 Å². The van der Waals surface area contributed by atoms with Crippen LogP contribution in [0.4, 0.5) is 10.1 Å². The Balaban J connectivity index is 1.66. The molecule has 2 N–H and O–H groups in total. The lowest BCUT2D eigenvalue weighted by Gasteiger charge is -2.33. The van der Waals surface area contributed by atoms with Gasteiger partial charge in [-0.05, 0) is 36.8 Å². The summed E-state index contributed by atoms with van der Waals surface area (Å²) in [7, 11) is 0. The summed E-state index contributed by atoms with van der Waals surface area (Å²) >= 11 is 1.37. The molecular formula is C20H20FN5OS. The number of nitrogens with zero attached hydrogens (tertiary/aromatic N) is 3. The van der Waals surface area contributed by atoms with Crippen molar-refractivity contribution in [3.05, 3.63) is 71.3 Å². The van der Waals surface area contributed by atoms with Gasteiger partial charge in [-0.25, -0.2) is 9.07 Å². The number of fused-ring (bicyclic) bond motifs is 1. The van der Waals surface area contributed by atoms with Crippen LogP contribution in [-0.4, -0.2) is 26.0 Å². The highest BCUT2D eigenvalue weighted by molar-refractivity contribution is 8.00. The van der Waals surface area contributed by atoms with Crippen LogP contribution in [0.3, 0.4) is 0 Å². The molecule has 0 saturated carbocycles. The number of aromatic nitrogens is 3. The lowest BCUT2D eigenvalue weighted by atomic mass is 10.0. The first-order valence-electron chi connectivity index (χ1n) is 9.05. The Morgan fingerprint density at radius 3 is 2.57 bits per heavy atom. The fourth-order valence-corrected chi connectivity index (χ4v) is 4.20. The molecule has 1 amide bonds. The number of hydrogen-bond donors (Lipinski definition) is 2. The summed E-state index contributed by atoms with van der Waals surface area (Å²) in [4.78, 5) is 13.1. The molecular weight excluding hydrogens is 377 g/mol. The molecule has 1 aliphatic heterocycles. The second-order valence-electron chi connectivity index (χ2n) is 6.64. The first-order chi connectivity index (χ1) is 13.5. The minimum atomic E-state index is -0.464. The van der Waals surface area contributed by atoms with Gasteiger partial charge in [-0.1, -0.05) is 48.5 Å². The Morgan fingerprint density at radius 1 is 1.18 bits per heavy atom. The number of carbonyl (C=O) groups is 1. The molecule has 6 nitrogen and oxygen atoms in total. The quantitative estimate of drug-likeness (QED) is 0.703. The van der Waals surface area contributed by atoms with Crippen LogP contribution in [0, 0.1) is 12.7 Å². The topological polar surface area (TPSA) is 71.8 Å². The van der Waals surface area contributed by atoms with Gasteiger partial charge in [-0.3, -0.25) is 4.79 Å². The fraction of sp³-hybridized carbons (Fsp3) is 0.250. The van der Waals surface area contributed by atoms with Gasteiger partial charge in [0.05, 0.1) is 6.04 Å². The van der Waals surface area contributed by atoms with Crippen LogP contribution in [-0.2, 0) is 11.2 Å². The number of benzene rings is 2. The van der Waals surface area contributed by atoms with Crippen LogP contribution in [0.2, 0.25) is 0 Å². The van der Waals surface area contributed by atoms with Crippen molar-refractivity contribution in [2.24, 2.45) is 0 Å². The van der Waals surface area contributed by atoms with E-state index in [-0.39, 0.29) is 17.8 Å². The third kappa shape index (κ3) is 3.60. The largest absolute Gasteiger partial charge is 0.325 e. The highest BCUT2D eigenvalue weighted by atomic mass is 32.2. The third-order valence-electron chi connectivity index (χ3n) is 4.63. The lowest BCUT2D eigenvalue weighted by Crippen LogP contribution is -2.41. The van der Waals surface area contributed by atoms with Gasteiger partial charge in [0.1, 0.15) is 11.1 Å². The smallest absolute Gasteiger partial charge is 0.240 e. The van der Waals surface area contributed by atoms with E-state index < -0.39 is 5.25 Å². The van der Waals surface area contributed by atoms with Gasteiger partial charge in [-0.2, -0.15) is 0 Å². The summed E-state index contributed by atoms with van der Waals surface area (Å²) in [6.07, 6.45) is 0.730. The average molecular weight is 397 g/mol. The average Bonchev–Trinajstić information content (AvgIpc) is 3.11. The molecule has 0 fully saturated rings. The molecule has 2 atom stereocenters. The predicted octanol–water partition coefficient (Wildman–Crippen LogP) is 3.69. The van der Waals surface area contributed by atoms with Gasteiger partial charge < -0.3 is 10.7 Å². The van der Waals surface area contributed by atoms with Crippen LogP contribution in [0.15, 0.2) is 53.7 Å². The normalized spacial score (nSPS) is 18.2. The maximum atomic E-state index is 13.2. The number of anilines is 1. The number of halogens is 1. The molecule has 0 unspecified atom stereocenters. The van der Waals surface area contributed by atoms with Crippen molar-refractivity contribution in [2.75, 3.05) is 10.7 Å². The van der Waals surface area contributed by atoms with Crippen molar-refractivity contribution in [1.82, 2.24) is 14.9 Å². The first-order valence-corrected chi connectivity index (χ1v) is 9.93. The number of amides is 1. The monoisotopic (exact) mass is 397 g/mol. The van der Waals surface area contributed by atoms with E-state index in [1.807, 2.05) is 42.8 Å². The number of aryl methyl sites for hydroxylation is 2. The summed E-state index contributed by atoms with van der Waals surface area (Å²) in [5, 5.41) is 11.5. The van der Waals surface area contributed by atoms with Crippen molar-refractivity contribution in [3.63, 3.8) is 0 Å². The zero-order valence-corrected chi connectivity index (χ0v) is 16.3. The summed E-state index contributed by atoms with van der Waals surface area (Å²) < 4.78 is 15.0. The number of rotatable bonds is 4. The minimum absolute atomic E-state index is 0.179. The van der Waals surface area contributed by atoms with Crippen LogP contribution in [0.25, 0.3) is 0 Å². The molecule has 4 rings (SSSR count). The van der Waals surface area contributed by atoms with E-state index in [4.69, 9.17) is 0 Å². The zero-order valence-electron chi connectivity index (χ0n) is 15.5. The standard InChI is InChI=1S/C20H20FN5OS/c1-3-16-23-24-20-26(16)25-17(13-6-4-12(2)5-7-13)18(28-20)19(27)22-15-10-8-14(21)9-11-15/h4-11,17-18,25H,3H2,1-2H3,(H,22,27)/t17-,18-/m0/s1. The summed E-state index contributed by atoms with van der Waals surface area (Å²) in [5.41, 5.74) is 6.11. The van der Waals surface area contributed by atoms with E-state index in [2.05, 4.69) is 20.9 Å². The number of hydrogen-bond acceptors (Lipinski definition) is 5. The first kappa shape index (κ1) is 18.5. The van der Waals surface area contributed by atoms with Crippen LogP contribution >= 0.6 is 11.8 Å². The van der Waals surface area contributed by atoms with Crippen molar-refractivity contribution >= 4 is 23.4 Å². The van der Waals surface area contributed by atoms with E-state index in [0.29, 0.717) is 10.8 Å². The third-order valence-corrected chi connectivity index (χ3v) is 5.84. The second kappa shape index (κ2) is 7.63. The van der Waals surface area contributed by atoms with Gasteiger partial charge in [0, 0.05) is 12.1 Å². The Kier molecular flexibility index (Phi) is 5.04. The van der Waals surface area contributed by atoms with Gasteiger partial charge in [0.25, 0.3) is 0 Å². The van der Waals surface area contributed by atoms with Gasteiger partial charge in [0.15, 0.2) is 5.82 Å². The second-order valence-corrected chi connectivity index (χ2v) is 7.75. The molecule has 8 heteroatoms. The SMILES string of the molecule is CCc1nnc2n1N[C@@H](c1ccc(C)cc1)[C@@H](C(=O)Nc1ccc(F)cc1)S2. The Hall–Kier alpha value is -2.87. The van der Waals surface area contributed by atoms with Crippen molar-refractivity contribution < 1.29 is 9.18 Å². The summed E-state index contributed by atoms with van der Waals surface area (Å²) in [6.45, 7) is 4.04. The van der Waals surface area contributed by atoms with Crippen molar-refractivity contribution in [1.29, 1.82) is 0 Å². The molecule has 144 valence electrons. The summed E-state index contributed by atoms with van der Waals surface area (Å²) in [6, 6.07) is 13.6. The maximum absolute atomic E-state index is 13.2. The van der Waals surface area contributed by atoms with Gasteiger partial charge in [0.2, 0.25) is 11.1 Å². The molecule has 2 aromatic carbocycles. The molecule has 2 heterocycles. The molecule has 0 saturated heterocycles. The van der Waals surface area contributed by atoms with Crippen LogP contribution < -0.4 is 10.7 Å². The fourth-order valence-electron chi connectivity index (χ4n) is 3.10. The molecule has 28 heavy (non-hydrogen) atoms. The molecule has 3 aromatic rings. The molecule has 1 aromatic heterocycles. The molecule has 1 aliphatic rings. The molecule has 0 spiro atoms. The van der Waals surface area contributed by atoms with Gasteiger partial charge >= 0.3 is 0 Å². The number of carbonyl (C=O) groups excluding carboxylic acids is 1. The highest BCUT2D eigenvalue weighted by Crippen LogP contribution is 2.37. The van der Waals surface area contributed by atoms with Crippen LogP contribution in [0.5, 0.6) is 0 Å². The minimum Gasteiger partial charge on any atom is -0.325 e. The van der Waals surface area contributed by atoms with Crippen molar-refractivity contribution in [3.8, 4) is 0 Å². The van der Waals surface area contributed by atoms with Crippen LogP contribution in [0.1, 0.15) is 29.9 Å². The van der Waals surface area contributed by atoms with E-state index >= 15 is 0 Å². The van der Waals surface area contributed by atoms with Crippen molar-refractivity contribution in [2.45, 2.75) is 36.7 Å².